The van der Waals surface area contributed by atoms with Crippen LogP contribution in [0.3, 0.4) is 0 Å². The minimum absolute atomic E-state index is 0.510. The first-order chi connectivity index (χ1) is 6.54. The fourth-order valence-electron chi connectivity index (χ4n) is 0.773. The number of aliphatic hydroxyl groups is 4. The minimum atomic E-state index is -1.10. The van der Waals surface area contributed by atoms with Gasteiger partial charge in [-0.25, -0.2) is 0 Å². The first kappa shape index (κ1) is 16.3. The van der Waals surface area contributed by atoms with Crippen molar-refractivity contribution in [2.24, 2.45) is 0 Å². The van der Waals surface area contributed by atoms with Crippen LogP contribution in [0.25, 0.3) is 0 Å². The van der Waals surface area contributed by atoms with Crippen LogP contribution in [0.1, 0.15) is 52.4 Å². The molecular formula is C10H24O4. The van der Waals surface area contributed by atoms with Gasteiger partial charge in [0.1, 0.15) is 0 Å². The molecule has 0 unspecified atom stereocenters. The molecule has 0 saturated heterocycles. The SMILES string of the molecule is CCCCC(O)O.CCCCC(O)O. The molecular weight excluding hydrogens is 184 g/mol. The monoisotopic (exact) mass is 208 g/mol. The van der Waals surface area contributed by atoms with Gasteiger partial charge >= 0.3 is 0 Å². The lowest BCUT2D eigenvalue weighted by Crippen LogP contribution is -2.02. The van der Waals surface area contributed by atoms with Crippen molar-refractivity contribution in [2.45, 2.75) is 65.0 Å². The van der Waals surface area contributed by atoms with Crippen LogP contribution < -0.4 is 0 Å². The zero-order chi connectivity index (χ0) is 11.4. The molecule has 0 aliphatic carbocycles. The van der Waals surface area contributed by atoms with Crippen LogP contribution in [-0.2, 0) is 0 Å². The molecule has 0 atom stereocenters. The molecule has 4 N–H and O–H groups in total. The van der Waals surface area contributed by atoms with E-state index in [9.17, 15) is 0 Å². The third-order valence-electron chi connectivity index (χ3n) is 1.63. The third-order valence-corrected chi connectivity index (χ3v) is 1.63. The van der Waals surface area contributed by atoms with Crippen LogP contribution >= 0.6 is 0 Å². The number of aliphatic hydroxyl groups excluding tert-OH is 2. The summed E-state index contributed by atoms with van der Waals surface area (Å²) in [6, 6.07) is 0. The average Bonchev–Trinajstić information content (AvgIpc) is 2.12. The van der Waals surface area contributed by atoms with Gasteiger partial charge in [-0.05, 0) is 25.7 Å². The van der Waals surface area contributed by atoms with E-state index >= 15 is 0 Å². The maximum absolute atomic E-state index is 8.24. The Bertz CT molecular complexity index is 82.1. The van der Waals surface area contributed by atoms with E-state index in [1.54, 1.807) is 0 Å². The fraction of sp³-hybridized carbons (Fsp3) is 1.00. The molecule has 4 nitrogen and oxygen atoms in total. The van der Waals surface area contributed by atoms with Crippen molar-refractivity contribution in [3.05, 3.63) is 0 Å². The highest BCUT2D eigenvalue weighted by Gasteiger charge is 1.92. The van der Waals surface area contributed by atoms with Crippen molar-refractivity contribution < 1.29 is 20.4 Å². The second-order valence-corrected chi connectivity index (χ2v) is 3.25. The van der Waals surface area contributed by atoms with Gasteiger partial charge in [0, 0.05) is 0 Å². The molecule has 14 heavy (non-hydrogen) atoms. The zero-order valence-electron chi connectivity index (χ0n) is 9.19. The van der Waals surface area contributed by atoms with Crippen molar-refractivity contribution in [1.82, 2.24) is 0 Å². The van der Waals surface area contributed by atoms with Crippen LogP contribution in [0.5, 0.6) is 0 Å². The Hall–Kier alpha value is -0.160. The third kappa shape index (κ3) is 22.6. The number of hydrogen-bond acceptors (Lipinski definition) is 4. The lowest BCUT2D eigenvalue weighted by molar-refractivity contribution is -0.0469. The second kappa shape index (κ2) is 12.8. The van der Waals surface area contributed by atoms with Crippen molar-refractivity contribution in [3.8, 4) is 0 Å². The quantitative estimate of drug-likeness (QED) is 0.490. The number of unbranched alkanes of at least 4 members (excludes halogenated alkanes) is 2. The summed E-state index contributed by atoms with van der Waals surface area (Å²) in [5, 5.41) is 33.0. The normalized spacial score (nSPS) is 10.3. The van der Waals surface area contributed by atoms with E-state index in [1.807, 2.05) is 13.8 Å². The van der Waals surface area contributed by atoms with Crippen LogP contribution in [0.4, 0.5) is 0 Å². The largest absolute Gasteiger partial charge is 0.368 e. The minimum Gasteiger partial charge on any atom is -0.368 e. The number of hydrogen-bond donors (Lipinski definition) is 4. The Morgan fingerprint density at radius 2 is 1.00 bits per heavy atom. The van der Waals surface area contributed by atoms with Gasteiger partial charge < -0.3 is 20.4 Å². The van der Waals surface area contributed by atoms with Gasteiger partial charge in [-0.1, -0.05) is 26.7 Å². The summed E-state index contributed by atoms with van der Waals surface area (Å²) in [4.78, 5) is 0. The van der Waals surface area contributed by atoms with E-state index in [0.717, 1.165) is 25.7 Å². The molecule has 0 aliphatic rings. The summed E-state index contributed by atoms with van der Waals surface area (Å²) < 4.78 is 0. The van der Waals surface area contributed by atoms with E-state index in [1.165, 1.54) is 0 Å². The van der Waals surface area contributed by atoms with E-state index in [-0.39, 0.29) is 0 Å². The molecule has 0 saturated carbocycles. The van der Waals surface area contributed by atoms with Crippen molar-refractivity contribution in [2.75, 3.05) is 0 Å². The fourth-order valence-corrected chi connectivity index (χ4v) is 0.773. The van der Waals surface area contributed by atoms with Crippen LogP contribution in [-0.4, -0.2) is 33.0 Å². The Morgan fingerprint density at radius 3 is 1.07 bits per heavy atom. The van der Waals surface area contributed by atoms with Crippen molar-refractivity contribution in [3.63, 3.8) is 0 Å². The van der Waals surface area contributed by atoms with Crippen molar-refractivity contribution >= 4 is 0 Å². The van der Waals surface area contributed by atoms with Gasteiger partial charge in [-0.3, -0.25) is 0 Å². The first-order valence-electron chi connectivity index (χ1n) is 5.26. The summed E-state index contributed by atoms with van der Waals surface area (Å²) in [6.07, 6.45) is 2.68. The van der Waals surface area contributed by atoms with Crippen LogP contribution in [0, 0.1) is 0 Å². The molecule has 0 amide bonds. The molecule has 0 heterocycles. The summed E-state index contributed by atoms with van der Waals surface area (Å²) in [6.45, 7) is 4.03. The lowest BCUT2D eigenvalue weighted by Gasteiger charge is -1.97. The summed E-state index contributed by atoms with van der Waals surface area (Å²) in [5.41, 5.74) is 0. The van der Waals surface area contributed by atoms with E-state index in [2.05, 4.69) is 0 Å². The molecule has 0 bridgehead atoms. The summed E-state index contributed by atoms with van der Waals surface area (Å²) >= 11 is 0. The van der Waals surface area contributed by atoms with Gasteiger partial charge in [0.05, 0.1) is 0 Å². The second-order valence-electron chi connectivity index (χ2n) is 3.25. The average molecular weight is 208 g/mol. The number of rotatable bonds is 6. The van der Waals surface area contributed by atoms with Gasteiger partial charge in [-0.15, -0.1) is 0 Å². The molecule has 0 spiro atoms. The summed E-state index contributed by atoms with van der Waals surface area (Å²) in [7, 11) is 0. The van der Waals surface area contributed by atoms with E-state index in [4.69, 9.17) is 20.4 Å². The maximum atomic E-state index is 8.24. The molecule has 0 aromatic carbocycles. The first-order valence-corrected chi connectivity index (χ1v) is 5.26. The molecule has 4 heteroatoms. The van der Waals surface area contributed by atoms with E-state index in [0.29, 0.717) is 12.8 Å². The molecule has 88 valence electrons. The lowest BCUT2D eigenvalue weighted by atomic mass is 10.2. The molecule has 0 radical (unpaired) electrons. The standard InChI is InChI=1S/2C5H12O2/c2*1-2-3-4-5(6)7/h2*5-7H,2-4H2,1H3. The predicted molar refractivity (Wildman–Crippen MR) is 55.5 cm³/mol. The Labute approximate surface area is 86.2 Å². The Morgan fingerprint density at radius 1 is 0.714 bits per heavy atom. The van der Waals surface area contributed by atoms with Crippen LogP contribution in [0.2, 0.25) is 0 Å². The van der Waals surface area contributed by atoms with E-state index < -0.39 is 12.6 Å². The molecule has 0 aromatic heterocycles. The van der Waals surface area contributed by atoms with Crippen molar-refractivity contribution in [1.29, 1.82) is 0 Å². The molecule has 0 fully saturated rings. The Kier molecular flexibility index (Phi) is 14.9. The topological polar surface area (TPSA) is 80.9 Å². The van der Waals surface area contributed by atoms with Gasteiger partial charge in [0.15, 0.2) is 12.6 Å². The molecule has 0 aliphatic heterocycles. The Balaban J connectivity index is 0. The highest BCUT2D eigenvalue weighted by Crippen LogP contribution is 1.95. The highest BCUT2D eigenvalue weighted by atomic mass is 16.5. The molecule has 0 aromatic rings. The highest BCUT2D eigenvalue weighted by molar-refractivity contribution is 4.37. The van der Waals surface area contributed by atoms with Gasteiger partial charge in [-0.2, -0.15) is 0 Å². The smallest absolute Gasteiger partial charge is 0.151 e. The molecule has 0 rings (SSSR count). The zero-order valence-corrected chi connectivity index (χ0v) is 9.19. The predicted octanol–water partition coefficient (Wildman–Crippen LogP) is 0.975. The van der Waals surface area contributed by atoms with Gasteiger partial charge in [0.25, 0.3) is 0 Å². The van der Waals surface area contributed by atoms with Gasteiger partial charge in [0.2, 0.25) is 0 Å². The van der Waals surface area contributed by atoms with Crippen LogP contribution in [0.15, 0.2) is 0 Å². The summed E-state index contributed by atoms with van der Waals surface area (Å²) in [5.74, 6) is 0. The maximum Gasteiger partial charge on any atom is 0.151 e.